The van der Waals surface area contributed by atoms with Crippen LogP contribution in [-0.2, 0) is 6.54 Å². The number of hydrogen-bond acceptors (Lipinski definition) is 4. The zero-order chi connectivity index (χ0) is 19.9. The summed E-state index contributed by atoms with van der Waals surface area (Å²) in [5, 5.41) is 7.76. The number of nitrogens with zero attached hydrogens (tertiary/aromatic N) is 3. The number of rotatable bonds is 8. The van der Waals surface area contributed by atoms with Crippen molar-refractivity contribution in [2.24, 2.45) is 0 Å². The van der Waals surface area contributed by atoms with Crippen LogP contribution in [0.3, 0.4) is 0 Å². The van der Waals surface area contributed by atoms with Crippen molar-refractivity contribution in [3.8, 4) is 11.4 Å². The van der Waals surface area contributed by atoms with E-state index in [1.807, 2.05) is 56.6 Å². The maximum Gasteiger partial charge on any atom is 0.272 e. The molecule has 0 fully saturated rings. The van der Waals surface area contributed by atoms with Gasteiger partial charge in [0.1, 0.15) is 12.4 Å². The molecule has 146 valence electrons. The lowest BCUT2D eigenvalue weighted by atomic mass is 10.2. The van der Waals surface area contributed by atoms with Gasteiger partial charge in [0.05, 0.1) is 10.7 Å². The summed E-state index contributed by atoms with van der Waals surface area (Å²) in [5.74, 6) is 0.576. The number of hydrogen-bond donors (Lipinski definition) is 1. The summed E-state index contributed by atoms with van der Waals surface area (Å²) in [4.78, 5) is 14.4. The van der Waals surface area contributed by atoms with Gasteiger partial charge in [-0.3, -0.25) is 4.79 Å². The largest absolute Gasteiger partial charge is 0.492 e. The number of carbonyl (C=O) groups excluding carboxylic acids is 1. The Morgan fingerprint density at radius 1 is 1.14 bits per heavy atom. The standard InChI is InChI=1S/C21H23ClN4O2/c1-25(2)13-14-28-17-9-7-16(8-10-17)15-23-21(27)19-11-12-26(24-19)20-6-4-3-5-18(20)22/h3-12H,13-15H2,1-2H3,(H,23,27). The number of benzene rings is 2. The highest BCUT2D eigenvalue weighted by Crippen LogP contribution is 2.19. The number of likely N-dealkylation sites (N-methyl/N-ethyl adjacent to an activating group) is 1. The number of halogens is 1. The average molecular weight is 399 g/mol. The van der Waals surface area contributed by atoms with E-state index in [-0.39, 0.29) is 5.91 Å². The third-order valence-corrected chi connectivity index (χ3v) is 4.42. The number of aromatic nitrogens is 2. The van der Waals surface area contributed by atoms with E-state index >= 15 is 0 Å². The van der Waals surface area contributed by atoms with Crippen LogP contribution in [0.15, 0.2) is 60.8 Å². The van der Waals surface area contributed by atoms with Gasteiger partial charge in [0.25, 0.3) is 5.91 Å². The molecule has 7 heteroatoms. The van der Waals surface area contributed by atoms with Crippen LogP contribution in [0, 0.1) is 0 Å². The molecule has 28 heavy (non-hydrogen) atoms. The molecule has 1 heterocycles. The molecule has 0 spiro atoms. The molecule has 0 aliphatic heterocycles. The zero-order valence-corrected chi connectivity index (χ0v) is 16.7. The summed E-state index contributed by atoms with van der Waals surface area (Å²) in [6.45, 7) is 1.91. The van der Waals surface area contributed by atoms with E-state index in [0.29, 0.717) is 23.9 Å². The number of carbonyl (C=O) groups is 1. The van der Waals surface area contributed by atoms with Gasteiger partial charge in [0.15, 0.2) is 5.69 Å². The molecule has 0 unspecified atom stereocenters. The maximum absolute atomic E-state index is 12.4. The van der Waals surface area contributed by atoms with Crippen molar-refractivity contribution in [1.29, 1.82) is 0 Å². The molecule has 1 aromatic heterocycles. The summed E-state index contributed by atoms with van der Waals surface area (Å²) >= 11 is 6.17. The van der Waals surface area contributed by atoms with Crippen molar-refractivity contribution in [1.82, 2.24) is 20.0 Å². The van der Waals surface area contributed by atoms with E-state index in [1.165, 1.54) is 0 Å². The summed E-state index contributed by atoms with van der Waals surface area (Å²) in [6, 6.07) is 16.7. The van der Waals surface area contributed by atoms with Crippen molar-refractivity contribution in [2.75, 3.05) is 27.2 Å². The minimum absolute atomic E-state index is 0.239. The predicted molar refractivity (Wildman–Crippen MR) is 110 cm³/mol. The molecular formula is C21H23ClN4O2. The van der Waals surface area contributed by atoms with Gasteiger partial charge in [-0.25, -0.2) is 4.68 Å². The Morgan fingerprint density at radius 3 is 2.61 bits per heavy atom. The molecule has 0 bridgehead atoms. The molecule has 3 rings (SSSR count). The average Bonchev–Trinajstić information content (AvgIpc) is 3.17. The molecule has 1 N–H and O–H groups in total. The Hall–Kier alpha value is -2.83. The van der Waals surface area contributed by atoms with Crippen molar-refractivity contribution >= 4 is 17.5 Å². The molecule has 3 aromatic rings. The van der Waals surface area contributed by atoms with Crippen LogP contribution in [0.4, 0.5) is 0 Å². The summed E-state index contributed by atoms with van der Waals surface area (Å²) < 4.78 is 7.26. The number of para-hydroxylation sites is 1. The van der Waals surface area contributed by atoms with Gasteiger partial charge >= 0.3 is 0 Å². The molecular weight excluding hydrogens is 376 g/mol. The topological polar surface area (TPSA) is 59.4 Å². The Balaban J connectivity index is 1.54. The molecule has 0 saturated carbocycles. The van der Waals surface area contributed by atoms with Crippen molar-refractivity contribution in [3.05, 3.63) is 77.1 Å². The van der Waals surface area contributed by atoms with Gasteiger partial charge in [0, 0.05) is 19.3 Å². The molecule has 0 radical (unpaired) electrons. The third-order valence-electron chi connectivity index (χ3n) is 4.10. The highest BCUT2D eigenvalue weighted by Gasteiger charge is 2.11. The molecule has 0 aliphatic rings. The minimum atomic E-state index is -0.239. The number of nitrogens with one attached hydrogen (secondary N) is 1. The second-order valence-electron chi connectivity index (χ2n) is 6.58. The second-order valence-corrected chi connectivity index (χ2v) is 6.98. The van der Waals surface area contributed by atoms with Crippen LogP contribution in [0.5, 0.6) is 5.75 Å². The highest BCUT2D eigenvalue weighted by molar-refractivity contribution is 6.32. The quantitative estimate of drug-likeness (QED) is 0.631. The van der Waals surface area contributed by atoms with Gasteiger partial charge in [-0.2, -0.15) is 5.10 Å². The molecule has 0 atom stereocenters. The fourth-order valence-corrected chi connectivity index (χ4v) is 2.76. The van der Waals surface area contributed by atoms with Gasteiger partial charge in [-0.1, -0.05) is 35.9 Å². The smallest absolute Gasteiger partial charge is 0.272 e. The Bertz CT molecular complexity index is 922. The zero-order valence-electron chi connectivity index (χ0n) is 15.9. The van der Waals surface area contributed by atoms with Crippen molar-refractivity contribution < 1.29 is 9.53 Å². The van der Waals surface area contributed by atoms with E-state index < -0.39 is 0 Å². The summed E-state index contributed by atoms with van der Waals surface area (Å²) in [6.07, 6.45) is 1.72. The lowest BCUT2D eigenvalue weighted by Gasteiger charge is -2.11. The molecule has 2 aromatic carbocycles. The summed E-state index contributed by atoms with van der Waals surface area (Å²) in [5.41, 5.74) is 2.05. The maximum atomic E-state index is 12.4. The summed E-state index contributed by atoms with van der Waals surface area (Å²) in [7, 11) is 4.01. The van der Waals surface area contributed by atoms with E-state index in [1.54, 1.807) is 23.0 Å². The normalized spacial score (nSPS) is 10.9. The monoisotopic (exact) mass is 398 g/mol. The third kappa shape index (κ3) is 5.34. The Kier molecular flexibility index (Phi) is 6.68. The molecule has 0 aliphatic carbocycles. The fraction of sp³-hybridized carbons (Fsp3) is 0.238. The van der Waals surface area contributed by atoms with Crippen LogP contribution >= 0.6 is 11.6 Å². The van der Waals surface area contributed by atoms with Crippen LogP contribution in [0.25, 0.3) is 5.69 Å². The molecule has 6 nitrogen and oxygen atoms in total. The van der Waals surface area contributed by atoms with E-state index in [0.717, 1.165) is 23.5 Å². The first-order chi connectivity index (χ1) is 13.5. The first-order valence-electron chi connectivity index (χ1n) is 8.98. The Morgan fingerprint density at radius 2 is 1.89 bits per heavy atom. The van der Waals surface area contributed by atoms with Crippen LogP contribution in [0.2, 0.25) is 5.02 Å². The lowest BCUT2D eigenvalue weighted by Crippen LogP contribution is -2.23. The fourth-order valence-electron chi connectivity index (χ4n) is 2.54. The van der Waals surface area contributed by atoms with Crippen LogP contribution in [-0.4, -0.2) is 47.8 Å². The van der Waals surface area contributed by atoms with E-state index in [4.69, 9.17) is 16.3 Å². The van der Waals surface area contributed by atoms with Crippen molar-refractivity contribution in [2.45, 2.75) is 6.54 Å². The van der Waals surface area contributed by atoms with E-state index in [2.05, 4.69) is 15.3 Å². The Labute approximate surface area is 169 Å². The highest BCUT2D eigenvalue weighted by atomic mass is 35.5. The van der Waals surface area contributed by atoms with E-state index in [9.17, 15) is 4.79 Å². The number of ether oxygens (including phenoxy) is 1. The van der Waals surface area contributed by atoms with Gasteiger partial charge in [-0.05, 0) is 50.0 Å². The van der Waals surface area contributed by atoms with Crippen LogP contribution < -0.4 is 10.1 Å². The molecule has 1 amide bonds. The second kappa shape index (κ2) is 9.39. The first-order valence-corrected chi connectivity index (χ1v) is 9.36. The van der Waals surface area contributed by atoms with Gasteiger partial charge in [-0.15, -0.1) is 0 Å². The SMILES string of the molecule is CN(C)CCOc1ccc(CNC(=O)c2ccn(-c3ccccc3Cl)n2)cc1. The van der Waals surface area contributed by atoms with Crippen molar-refractivity contribution in [3.63, 3.8) is 0 Å². The van der Waals surface area contributed by atoms with Crippen LogP contribution in [0.1, 0.15) is 16.1 Å². The lowest BCUT2D eigenvalue weighted by molar-refractivity contribution is 0.0945. The number of amides is 1. The minimum Gasteiger partial charge on any atom is -0.492 e. The van der Waals surface area contributed by atoms with Gasteiger partial charge in [0.2, 0.25) is 0 Å². The first kappa shape index (κ1) is 19.9. The van der Waals surface area contributed by atoms with Gasteiger partial charge < -0.3 is 15.0 Å². The predicted octanol–water partition coefficient (Wildman–Crippen LogP) is 3.40. The molecule has 0 saturated heterocycles.